The molecule has 9 heteroatoms. The van der Waals surface area contributed by atoms with Gasteiger partial charge in [-0.25, -0.2) is 4.68 Å². The second kappa shape index (κ2) is 11.4. The summed E-state index contributed by atoms with van der Waals surface area (Å²) in [5, 5.41) is 11.9. The summed E-state index contributed by atoms with van der Waals surface area (Å²) in [6, 6.07) is 23.6. The number of aryl methyl sites for hydroxylation is 1. The zero-order valence-electron chi connectivity index (χ0n) is 21.7. The monoisotopic (exact) mass is 543 g/mol. The number of amides is 1. The number of rotatable bonds is 8. The molecule has 0 radical (unpaired) electrons. The van der Waals surface area contributed by atoms with E-state index < -0.39 is 6.04 Å². The average Bonchev–Trinajstić information content (AvgIpc) is 3.35. The summed E-state index contributed by atoms with van der Waals surface area (Å²) in [7, 11) is 1.66. The number of anilines is 2. The first-order chi connectivity index (χ1) is 18.5. The molecule has 1 atom stereocenters. The van der Waals surface area contributed by atoms with Gasteiger partial charge in [0.1, 0.15) is 11.8 Å². The van der Waals surface area contributed by atoms with Crippen LogP contribution in [0.5, 0.6) is 5.75 Å². The van der Waals surface area contributed by atoms with Crippen LogP contribution >= 0.6 is 23.5 Å². The number of nitrogens with one attached hydrogen (secondary N) is 2. The Morgan fingerprint density at radius 2 is 1.87 bits per heavy atom. The van der Waals surface area contributed by atoms with Gasteiger partial charge in [-0.1, -0.05) is 54.2 Å². The number of thioether (sulfide) groups is 2. The summed E-state index contributed by atoms with van der Waals surface area (Å²) in [5.74, 6) is 1.96. The van der Waals surface area contributed by atoms with Crippen molar-refractivity contribution >= 4 is 41.1 Å². The second-order valence-electron chi connectivity index (χ2n) is 8.91. The maximum Gasteiger partial charge on any atom is 0.255 e. The highest BCUT2D eigenvalue weighted by Crippen LogP contribution is 2.37. The van der Waals surface area contributed by atoms with E-state index in [9.17, 15) is 4.79 Å². The lowest BCUT2D eigenvalue weighted by atomic mass is 9.95. The first kappa shape index (κ1) is 25.9. The number of ether oxygens (including phenoxy) is 1. The minimum absolute atomic E-state index is 0.171. The molecule has 1 aliphatic heterocycles. The Bertz CT molecular complexity index is 1500. The highest BCUT2D eigenvalue weighted by Gasteiger charge is 2.34. The van der Waals surface area contributed by atoms with Crippen LogP contribution in [-0.4, -0.2) is 34.0 Å². The van der Waals surface area contributed by atoms with Crippen molar-refractivity contribution in [2.45, 2.75) is 35.7 Å². The molecule has 0 saturated heterocycles. The van der Waals surface area contributed by atoms with Crippen molar-refractivity contribution < 1.29 is 9.53 Å². The summed E-state index contributed by atoms with van der Waals surface area (Å²) in [6.07, 6.45) is 2.05. The Morgan fingerprint density at radius 3 is 2.61 bits per heavy atom. The van der Waals surface area contributed by atoms with Gasteiger partial charge in [-0.3, -0.25) is 4.79 Å². The molecule has 0 bridgehead atoms. The molecule has 194 valence electrons. The van der Waals surface area contributed by atoms with Crippen LogP contribution in [0.25, 0.3) is 0 Å². The van der Waals surface area contributed by atoms with E-state index in [0.717, 1.165) is 38.7 Å². The van der Waals surface area contributed by atoms with Crippen LogP contribution in [0.4, 0.5) is 11.6 Å². The number of hydrogen-bond donors (Lipinski definition) is 2. The average molecular weight is 544 g/mol. The minimum Gasteiger partial charge on any atom is -0.497 e. The molecular formula is C29H29N5O2S2. The first-order valence-corrected chi connectivity index (χ1v) is 14.4. The standard InChI is InChI=1S/C29H29N5O2S2/c1-18-8-5-6-11-24(18)31-27(35)25-19(2)30-28-32-29(38-17-20-9-7-10-22(16-20)36-3)33-34(28)26(25)21-12-14-23(37-4)15-13-21/h5-16,26H,17H2,1-4H3,(H,31,35)(H,30,32,33)/t26-/m0/s1. The SMILES string of the molecule is COc1cccc(CSc2nc3n(n2)[C@@H](c2ccc(SC)cc2)C(C(=O)Nc2ccccc2C)=C(C)N3)c1. The maximum absolute atomic E-state index is 13.7. The van der Waals surface area contributed by atoms with E-state index in [0.29, 0.717) is 22.4 Å². The summed E-state index contributed by atoms with van der Waals surface area (Å²) in [6.45, 7) is 3.90. The van der Waals surface area contributed by atoms with Crippen LogP contribution in [0.15, 0.2) is 94.1 Å². The molecule has 2 N–H and O–H groups in total. The first-order valence-electron chi connectivity index (χ1n) is 12.2. The predicted octanol–water partition coefficient (Wildman–Crippen LogP) is 6.54. The third-order valence-corrected chi connectivity index (χ3v) is 8.06. The van der Waals surface area contributed by atoms with Crippen molar-refractivity contribution in [1.29, 1.82) is 0 Å². The second-order valence-corrected chi connectivity index (χ2v) is 10.7. The summed E-state index contributed by atoms with van der Waals surface area (Å²) < 4.78 is 7.17. The predicted molar refractivity (Wildman–Crippen MR) is 155 cm³/mol. The molecule has 0 saturated carbocycles. The molecule has 1 aromatic heterocycles. The highest BCUT2D eigenvalue weighted by atomic mass is 32.2. The zero-order valence-corrected chi connectivity index (χ0v) is 23.3. The van der Waals surface area contributed by atoms with Crippen molar-refractivity contribution in [3.05, 3.63) is 101 Å². The smallest absolute Gasteiger partial charge is 0.255 e. The molecule has 0 unspecified atom stereocenters. The Kier molecular flexibility index (Phi) is 7.76. The highest BCUT2D eigenvalue weighted by molar-refractivity contribution is 7.98. The number of hydrogen-bond acceptors (Lipinski definition) is 7. The van der Waals surface area contributed by atoms with Gasteiger partial charge in [-0.15, -0.1) is 16.9 Å². The molecule has 1 aliphatic rings. The molecule has 3 aromatic carbocycles. The third-order valence-electron chi connectivity index (χ3n) is 6.40. The topological polar surface area (TPSA) is 81.1 Å². The number of methoxy groups -OCH3 is 1. The van der Waals surface area contributed by atoms with Gasteiger partial charge in [0, 0.05) is 22.0 Å². The summed E-state index contributed by atoms with van der Waals surface area (Å²) in [5.41, 5.74) is 5.22. The number of aromatic nitrogens is 3. The van der Waals surface area contributed by atoms with Gasteiger partial charge < -0.3 is 15.4 Å². The molecule has 38 heavy (non-hydrogen) atoms. The Balaban J connectivity index is 1.48. The number of para-hydroxylation sites is 1. The normalized spacial score (nSPS) is 14.6. The quantitative estimate of drug-likeness (QED) is 0.244. The molecule has 5 rings (SSSR count). The van der Waals surface area contributed by atoms with E-state index in [1.54, 1.807) is 30.6 Å². The van der Waals surface area contributed by atoms with E-state index in [1.807, 2.05) is 67.2 Å². The van der Waals surface area contributed by atoms with Gasteiger partial charge in [0.25, 0.3) is 5.91 Å². The van der Waals surface area contributed by atoms with E-state index in [4.69, 9.17) is 14.8 Å². The minimum atomic E-state index is -0.426. The summed E-state index contributed by atoms with van der Waals surface area (Å²) in [4.78, 5) is 19.7. The number of carbonyl (C=O) groups is 1. The largest absolute Gasteiger partial charge is 0.497 e. The van der Waals surface area contributed by atoms with Crippen LogP contribution in [0.3, 0.4) is 0 Å². The van der Waals surface area contributed by atoms with Crippen LogP contribution in [-0.2, 0) is 10.5 Å². The van der Waals surface area contributed by atoms with Crippen molar-refractivity contribution in [2.75, 3.05) is 24.0 Å². The lowest BCUT2D eigenvalue weighted by Crippen LogP contribution is -2.31. The fourth-order valence-electron chi connectivity index (χ4n) is 4.39. The van der Waals surface area contributed by atoms with Crippen LogP contribution in [0.1, 0.15) is 29.7 Å². The lowest BCUT2D eigenvalue weighted by molar-refractivity contribution is -0.113. The number of fused-ring (bicyclic) bond motifs is 1. The van der Waals surface area contributed by atoms with Crippen LogP contribution in [0.2, 0.25) is 0 Å². The molecule has 4 aromatic rings. The van der Waals surface area contributed by atoms with Gasteiger partial charge in [0.2, 0.25) is 11.1 Å². The zero-order chi connectivity index (χ0) is 26.6. The number of nitrogens with zero attached hydrogens (tertiary/aromatic N) is 3. The fourth-order valence-corrected chi connectivity index (χ4v) is 5.57. The van der Waals surface area contributed by atoms with Gasteiger partial charge in [-0.2, -0.15) is 4.98 Å². The van der Waals surface area contributed by atoms with E-state index in [1.165, 1.54) is 0 Å². The van der Waals surface area contributed by atoms with Gasteiger partial charge in [-0.05, 0) is 67.1 Å². The van der Waals surface area contributed by atoms with Crippen LogP contribution in [0, 0.1) is 6.92 Å². The number of allylic oxidation sites excluding steroid dienone is 1. The van der Waals surface area contributed by atoms with E-state index >= 15 is 0 Å². The molecule has 0 fully saturated rings. The van der Waals surface area contributed by atoms with E-state index in [2.05, 4.69) is 41.0 Å². The number of benzene rings is 3. The van der Waals surface area contributed by atoms with Crippen molar-refractivity contribution in [3.63, 3.8) is 0 Å². The third kappa shape index (κ3) is 5.44. The van der Waals surface area contributed by atoms with Crippen molar-refractivity contribution in [2.24, 2.45) is 0 Å². The Hall–Kier alpha value is -3.69. The van der Waals surface area contributed by atoms with Gasteiger partial charge >= 0.3 is 0 Å². The Labute approximate surface area is 231 Å². The lowest BCUT2D eigenvalue weighted by Gasteiger charge is -2.29. The number of carbonyl (C=O) groups excluding carboxylic acids is 1. The van der Waals surface area contributed by atoms with Crippen molar-refractivity contribution in [3.8, 4) is 5.75 Å². The van der Waals surface area contributed by atoms with E-state index in [-0.39, 0.29) is 5.91 Å². The summed E-state index contributed by atoms with van der Waals surface area (Å²) >= 11 is 3.23. The molecule has 2 heterocycles. The molecular weight excluding hydrogens is 514 g/mol. The molecule has 0 spiro atoms. The van der Waals surface area contributed by atoms with Gasteiger partial charge in [0.05, 0.1) is 12.7 Å². The molecule has 7 nitrogen and oxygen atoms in total. The van der Waals surface area contributed by atoms with Crippen LogP contribution < -0.4 is 15.4 Å². The molecule has 1 amide bonds. The van der Waals surface area contributed by atoms with Crippen molar-refractivity contribution in [1.82, 2.24) is 14.8 Å². The Morgan fingerprint density at radius 1 is 1.08 bits per heavy atom. The molecule has 0 aliphatic carbocycles. The fraction of sp³-hybridized carbons (Fsp3) is 0.207. The van der Waals surface area contributed by atoms with Gasteiger partial charge in [0.15, 0.2) is 0 Å². The maximum atomic E-state index is 13.7.